The molecule has 2 aromatic rings. The van der Waals surface area contributed by atoms with Crippen molar-refractivity contribution in [1.29, 1.82) is 0 Å². The van der Waals surface area contributed by atoms with Crippen LogP contribution in [-0.4, -0.2) is 33.9 Å². The molecule has 1 aliphatic rings. The summed E-state index contributed by atoms with van der Waals surface area (Å²) in [5.41, 5.74) is 2.04. The maximum Gasteiger partial charge on any atom is 0.255 e. The highest BCUT2D eigenvalue weighted by Gasteiger charge is 2.24. The van der Waals surface area contributed by atoms with E-state index in [1.807, 2.05) is 20.9 Å². The van der Waals surface area contributed by atoms with Gasteiger partial charge in [0.15, 0.2) is 5.82 Å². The largest absolute Gasteiger partial charge is 0.368 e. The molecule has 0 radical (unpaired) electrons. The first-order valence-electron chi connectivity index (χ1n) is 7.18. The van der Waals surface area contributed by atoms with Crippen LogP contribution in [0.3, 0.4) is 0 Å². The third-order valence-corrected chi connectivity index (χ3v) is 3.71. The van der Waals surface area contributed by atoms with E-state index in [0.29, 0.717) is 18.3 Å². The highest BCUT2D eigenvalue weighted by molar-refractivity contribution is 5.20. The predicted octanol–water partition coefficient (Wildman–Crippen LogP) is 2.16. The highest BCUT2D eigenvalue weighted by Crippen LogP contribution is 2.27. The van der Waals surface area contributed by atoms with Crippen molar-refractivity contribution in [2.75, 3.05) is 13.7 Å². The van der Waals surface area contributed by atoms with E-state index >= 15 is 0 Å². The Morgan fingerprint density at radius 2 is 2.05 bits per heavy atom. The maximum absolute atomic E-state index is 5.54. The SMILES string of the molecule is Cc1noc(C)c1CN(C)Cc1noc([C@@H]2CCCO2)n1. The van der Waals surface area contributed by atoms with Gasteiger partial charge in [0, 0.05) is 18.7 Å². The molecule has 1 fully saturated rings. The molecule has 2 aromatic heterocycles. The molecular weight excluding hydrogens is 272 g/mol. The van der Waals surface area contributed by atoms with Crippen LogP contribution in [0, 0.1) is 13.8 Å². The molecule has 3 heterocycles. The Hall–Kier alpha value is -1.73. The van der Waals surface area contributed by atoms with Crippen molar-refractivity contribution < 1.29 is 13.8 Å². The Morgan fingerprint density at radius 1 is 1.19 bits per heavy atom. The second kappa shape index (κ2) is 5.95. The number of aromatic nitrogens is 3. The lowest BCUT2D eigenvalue weighted by molar-refractivity contribution is 0.0835. The molecule has 0 unspecified atom stereocenters. The fraction of sp³-hybridized carbons (Fsp3) is 0.643. The smallest absolute Gasteiger partial charge is 0.255 e. The lowest BCUT2D eigenvalue weighted by atomic mass is 10.2. The van der Waals surface area contributed by atoms with Crippen LogP contribution in [0.4, 0.5) is 0 Å². The van der Waals surface area contributed by atoms with Gasteiger partial charge in [0.25, 0.3) is 5.89 Å². The molecule has 1 atom stereocenters. The van der Waals surface area contributed by atoms with Gasteiger partial charge in [-0.3, -0.25) is 4.90 Å². The molecule has 0 aliphatic carbocycles. The van der Waals surface area contributed by atoms with E-state index in [1.165, 1.54) is 0 Å². The van der Waals surface area contributed by atoms with Crippen molar-refractivity contribution in [3.05, 3.63) is 28.7 Å². The van der Waals surface area contributed by atoms with Crippen LogP contribution in [0.2, 0.25) is 0 Å². The lowest BCUT2D eigenvalue weighted by Gasteiger charge is -2.13. The molecule has 0 amide bonds. The Bertz CT molecular complexity index is 582. The van der Waals surface area contributed by atoms with Crippen molar-refractivity contribution in [2.24, 2.45) is 0 Å². The first-order chi connectivity index (χ1) is 10.1. The van der Waals surface area contributed by atoms with Crippen molar-refractivity contribution in [2.45, 2.75) is 45.9 Å². The van der Waals surface area contributed by atoms with Crippen LogP contribution in [0.5, 0.6) is 0 Å². The van der Waals surface area contributed by atoms with Gasteiger partial charge < -0.3 is 13.8 Å². The van der Waals surface area contributed by atoms with E-state index in [9.17, 15) is 0 Å². The zero-order valence-corrected chi connectivity index (χ0v) is 12.6. The van der Waals surface area contributed by atoms with E-state index in [4.69, 9.17) is 13.8 Å². The van der Waals surface area contributed by atoms with Crippen molar-refractivity contribution in [3.8, 4) is 0 Å². The van der Waals surface area contributed by atoms with E-state index in [1.54, 1.807) is 0 Å². The van der Waals surface area contributed by atoms with Gasteiger partial charge in [0.05, 0.1) is 12.2 Å². The van der Waals surface area contributed by atoms with Gasteiger partial charge >= 0.3 is 0 Å². The maximum atomic E-state index is 5.54. The zero-order valence-electron chi connectivity index (χ0n) is 12.6. The molecule has 1 saturated heterocycles. The molecule has 0 aromatic carbocycles. The fourth-order valence-corrected chi connectivity index (χ4v) is 2.53. The summed E-state index contributed by atoms with van der Waals surface area (Å²) in [6, 6.07) is 0. The molecule has 3 rings (SSSR count). The minimum absolute atomic E-state index is 0.0286. The quantitative estimate of drug-likeness (QED) is 0.835. The summed E-state index contributed by atoms with van der Waals surface area (Å²) in [6.45, 7) is 6.00. The first kappa shape index (κ1) is 14.2. The molecule has 21 heavy (non-hydrogen) atoms. The lowest BCUT2D eigenvalue weighted by Crippen LogP contribution is -2.18. The van der Waals surface area contributed by atoms with Gasteiger partial charge in [-0.05, 0) is 33.7 Å². The van der Waals surface area contributed by atoms with Crippen LogP contribution in [0.25, 0.3) is 0 Å². The first-order valence-corrected chi connectivity index (χ1v) is 7.18. The second-order valence-corrected chi connectivity index (χ2v) is 5.53. The zero-order chi connectivity index (χ0) is 14.8. The average Bonchev–Trinajstić information content (AvgIpc) is 3.16. The van der Waals surface area contributed by atoms with Crippen molar-refractivity contribution in [1.82, 2.24) is 20.2 Å². The van der Waals surface area contributed by atoms with Gasteiger partial charge in [-0.25, -0.2) is 0 Å². The van der Waals surface area contributed by atoms with E-state index < -0.39 is 0 Å². The van der Waals surface area contributed by atoms with Crippen molar-refractivity contribution in [3.63, 3.8) is 0 Å². The monoisotopic (exact) mass is 292 g/mol. The second-order valence-electron chi connectivity index (χ2n) is 5.53. The average molecular weight is 292 g/mol. The number of ether oxygens (including phenoxy) is 1. The topological polar surface area (TPSA) is 77.4 Å². The highest BCUT2D eigenvalue weighted by atomic mass is 16.5. The van der Waals surface area contributed by atoms with Gasteiger partial charge in [-0.1, -0.05) is 10.3 Å². The molecule has 114 valence electrons. The molecule has 7 heteroatoms. The minimum Gasteiger partial charge on any atom is -0.368 e. The van der Waals surface area contributed by atoms with Gasteiger partial charge in [0.1, 0.15) is 11.9 Å². The van der Waals surface area contributed by atoms with E-state index in [0.717, 1.165) is 43.0 Å². The molecule has 7 nitrogen and oxygen atoms in total. The Balaban J connectivity index is 1.61. The number of nitrogens with zero attached hydrogens (tertiary/aromatic N) is 4. The van der Waals surface area contributed by atoms with Crippen LogP contribution in [0.1, 0.15) is 47.7 Å². The number of hydrogen-bond donors (Lipinski definition) is 0. The summed E-state index contributed by atoms with van der Waals surface area (Å²) in [5, 5.41) is 7.99. The van der Waals surface area contributed by atoms with E-state index in [-0.39, 0.29) is 6.10 Å². The summed E-state index contributed by atoms with van der Waals surface area (Å²) >= 11 is 0. The summed E-state index contributed by atoms with van der Waals surface area (Å²) in [4.78, 5) is 6.53. The van der Waals surface area contributed by atoms with Crippen LogP contribution >= 0.6 is 0 Å². The number of aryl methyl sites for hydroxylation is 2. The standard InChI is InChI=1S/C14H20N4O3/c1-9-11(10(2)20-16-9)7-18(3)8-13-15-14(21-17-13)12-5-4-6-19-12/h12H,4-8H2,1-3H3/t12-/m0/s1. The van der Waals surface area contributed by atoms with Gasteiger partial charge in [-0.15, -0.1) is 0 Å². The van der Waals surface area contributed by atoms with Crippen LogP contribution in [0.15, 0.2) is 9.05 Å². The molecule has 0 saturated carbocycles. The Labute approximate surface area is 123 Å². The fourth-order valence-electron chi connectivity index (χ4n) is 2.53. The minimum atomic E-state index is -0.0286. The molecule has 0 spiro atoms. The Kier molecular flexibility index (Phi) is 4.03. The molecule has 1 aliphatic heterocycles. The molecule has 0 N–H and O–H groups in total. The summed E-state index contributed by atoms with van der Waals surface area (Å²) in [7, 11) is 2.01. The third kappa shape index (κ3) is 3.14. The van der Waals surface area contributed by atoms with Gasteiger partial charge in [0.2, 0.25) is 0 Å². The third-order valence-electron chi connectivity index (χ3n) is 3.71. The van der Waals surface area contributed by atoms with Crippen LogP contribution < -0.4 is 0 Å². The summed E-state index contributed by atoms with van der Waals surface area (Å²) in [6.07, 6.45) is 1.98. The van der Waals surface area contributed by atoms with Crippen molar-refractivity contribution >= 4 is 0 Å². The number of rotatable bonds is 5. The predicted molar refractivity (Wildman–Crippen MR) is 73.4 cm³/mol. The summed E-state index contributed by atoms with van der Waals surface area (Å²) < 4.78 is 16.0. The van der Waals surface area contributed by atoms with Gasteiger partial charge in [-0.2, -0.15) is 4.98 Å². The molecule has 0 bridgehead atoms. The number of hydrogen-bond acceptors (Lipinski definition) is 7. The summed E-state index contributed by atoms with van der Waals surface area (Å²) in [5.74, 6) is 2.12. The molecular formula is C14H20N4O3. The van der Waals surface area contributed by atoms with E-state index in [2.05, 4.69) is 20.2 Å². The Morgan fingerprint density at radius 3 is 2.71 bits per heavy atom. The normalized spacial score (nSPS) is 18.8. The van der Waals surface area contributed by atoms with Crippen LogP contribution in [-0.2, 0) is 17.8 Å².